The third-order valence-electron chi connectivity index (χ3n) is 4.96. The van der Waals surface area contributed by atoms with Crippen LogP contribution in [0.15, 0.2) is 18.5 Å². The molecule has 148 valence electrons. The molecule has 1 atom stereocenters. The Hall–Kier alpha value is -2.98. The van der Waals surface area contributed by atoms with Crippen LogP contribution in [0.3, 0.4) is 0 Å². The molecule has 2 aromatic heterocycles. The van der Waals surface area contributed by atoms with Gasteiger partial charge in [0, 0.05) is 25.2 Å². The molecule has 0 saturated carbocycles. The second-order valence-electron chi connectivity index (χ2n) is 6.87. The number of carbonyl (C=O) groups is 2. The second kappa shape index (κ2) is 6.57. The van der Waals surface area contributed by atoms with Gasteiger partial charge < -0.3 is 9.47 Å². The van der Waals surface area contributed by atoms with E-state index in [1.54, 1.807) is 11.2 Å². The summed E-state index contributed by atoms with van der Waals surface area (Å²) in [5.74, 6) is -0.251. The highest BCUT2D eigenvalue weighted by Gasteiger charge is 2.42. The maximum atomic E-state index is 13.2. The third-order valence-corrected chi connectivity index (χ3v) is 4.96. The van der Waals surface area contributed by atoms with E-state index in [0.717, 1.165) is 17.0 Å². The molecular weight excluding hydrogens is 377 g/mol. The summed E-state index contributed by atoms with van der Waals surface area (Å²) in [5, 5.41) is 7.77. The molecule has 2 aliphatic heterocycles. The largest absolute Gasteiger partial charge is 0.416 e. The highest BCUT2D eigenvalue weighted by Crippen LogP contribution is 2.34. The summed E-state index contributed by atoms with van der Waals surface area (Å²) in [6.45, 7) is 2.60. The van der Waals surface area contributed by atoms with Gasteiger partial charge in [-0.3, -0.25) is 14.5 Å². The first kappa shape index (κ1) is 18.4. The molecular formula is C17H17F3N6O2. The topological polar surface area (TPSA) is 84.2 Å². The molecule has 4 rings (SSSR count). The van der Waals surface area contributed by atoms with Crippen molar-refractivity contribution >= 4 is 17.6 Å². The van der Waals surface area contributed by atoms with Crippen molar-refractivity contribution in [1.82, 2.24) is 24.6 Å². The minimum atomic E-state index is -4.57. The number of rotatable bonds is 2. The lowest BCUT2D eigenvalue weighted by Crippen LogP contribution is -2.49. The first-order valence-corrected chi connectivity index (χ1v) is 8.77. The number of hydrogen-bond acceptors (Lipinski definition) is 5. The van der Waals surface area contributed by atoms with Crippen molar-refractivity contribution in [3.63, 3.8) is 0 Å². The third kappa shape index (κ3) is 3.20. The van der Waals surface area contributed by atoms with Crippen LogP contribution in [0.4, 0.5) is 19.0 Å². The fourth-order valence-corrected chi connectivity index (χ4v) is 3.61. The molecule has 1 unspecified atom stereocenters. The Bertz CT molecular complexity index is 941. The van der Waals surface area contributed by atoms with Crippen molar-refractivity contribution in [3.8, 4) is 0 Å². The Labute approximate surface area is 158 Å². The van der Waals surface area contributed by atoms with Gasteiger partial charge in [0.25, 0.3) is 0 Å². The molecule has 8 nitrogen and oxygen atoms in total. The minimum absolute atomic E-state index is 0.0808. The number of carbonyl (C=O) groups excluding carboxylic acids is 2. The smallest absolute Gasteiger partial charge is 0.332 e. The van der Waals surface area contributed by atoms with Crippen molar-refractivity contribution in [2.45, 2.75) is 45.1 Å². The van der Waals surface area contributed by atoms with Gasteiger partial charge in [-0.05, 0) is 25.5 Å². The van der Waals surface area contributed by atoms with E-state index in [-0.39, 0.29) is 36.8 Å². The first-order valence-electron chi connectivity index (χ1n) is 8.77. The fraction of sp³-hybridized carbons (Fsp3) is 0.471. The Morgan fingerprint density at radius 1 is 1.25 bits per heavy atom. The molecule has 0 radical (unpaired) electrons. The van der Waals surface area contributed by atoms with Crippen molar-refractivity contribution in [2.75, 3.05) is 11.4 Å². The van der Waals surface area contributed by atoms with Crippen molar-refractivity contribution < 1.29 is 22.8 Å². The predicted molar refractivity (Wildman–Crippen MR) is 89.9 cm³/mol. The molecule has 1 saturated heterocycles. The molecule has 1 fully saturated rings. The SMILES string of the molecule is Cc1cc(C(F)(F)F)cc(N2C(=O)CCC2C(=O)N2CCn3cnnc3C2)n1. The molecule has 2 aromatic rings. The highest BCUT2D eigenvalue weighted by atomic mass is 19.4. The van der Waals surface area contributed by atoms with E-state index in [9.17, 15) is 22.8 Å². The summed E-state index contributed by atoms with van der Waals surface area (Å²) in [6.07, 6.45) is -2.67. The summed E-state index contributed by atoms with van der Waals surface area (Å²) < 4.78 is 41.3. The summed E-state index contributed by atoms with van der Waals surface area (Å²) in [6, 6.07) is 0.860. The molecule has 28 heavy (non-hydrogen) atoms. The van der Waals surface area contributed by atoms with Crippen LogP contribution < -0.4 is 4.90 Å². The van der Waals surface area contributed by atoms with Gasteiger partial charge in [0.1, 0.15) is 18.2 Å². The van der Waals surface area contributed by atoms with Crippen LogP contribution in [0.25, 0.3) is 0 Å². The lowest BCUT2D eigenvalue weighted by Gasteiger charge is -2.32. The van der Waals surface area contributed by atoms with Gasteiger partial charge >= 0.3 is 6.18 Å². The quantitative estimate of drug-likeness (QED) is 0.772. The molecule has 0 bridgehead atoms. The number of anilines is 1. The molecule has 0 aliphatic carbocycles. The number of amides is 2. The molecule has 11 heteroatoms. The zero-order valence-electron chi connectivity index (χ0n) is 15.0. The molecule has 0 N–H and O–H groups in total. The van der Waals surface area contributed by atoms with Gasteiger partial charge in [0.2, 0.25) is 11.8 Å². The summed E-state index contributed by atoms with van der Waals surface area (Å²) >= 11 is 0. The summed E-state index contributed by atoms with van der Waals surface area (Å²) in [4.78, 5) is 32.2. The number of alkyl halides is 3. The standard InChI is InChI=1S/C17H17F3N6O2/c1-10-6-11(17(18,19)20)7-13(22-10)26-12(2-3-15(26)27)16(28)24-4-5-25-9-21-23-14(25)8-24/h6-7,9,12H,2-5,8H2,1H3. The zero-order valence-corrected chi connectivity index (χ0v) is 15.0. The van der Waals surface area contributed by atoms with Gasteiger partial charge in [-0.25, -0.2) is 4.98 Å². The van der Waals surface area contributed by atoms with E-state index < -0.39 is 23.7 Å². The molecule has 2 amide bonds. The Morgan fingerprint density at radius 2 is 2.04 bits per heavy atom. The van der Waals surface area contributed by atoms with Gasteiger partial charge in [-0.15, -0.1) is 10.2 Å². The number of aryl methyl sites for hydroxylation is 1. The van der Waals surface area contributed by atoms with Crippen LogP contribution in [0.1, 0.15) is 29.9 Å². The van der Waals surface area contributed by atoms with Crippen LogP contribution in [0, 0.1) is 6.92 Å². The molecule has 4 heterocycles. The number of pyridine rings is 1. The average Bonchev–Trinajstić information content (AvgIpc) is 3.25. The first-order chi connectivity index (χ1) is 13.2. The van der Waals surface area contributed by atoms with Gasteiger partial charge in [-0.1, -0.05) is 0 Å². The summed E-state index contributed by atoms with van der Waals surface area (Å²) in [5.41, 5.74) is -0.770. The number of aromatic nitrogens is 4. The Balaban J connectivity index is 1.63. The van der Waals surface area contributed by atoms with E-state index in [2.05, 4.69) is 15.2 Å². The van der Waals surface area contributed by atoms with Gasteiger partial charge in [0.05, 0.1) is 12.1 Å². The van der Waals surface area contributed by atoms with E-state index in [0.29, 0.717) is 18.9 Å². The number of halogens is 3. The molecule has 2 aliphatic rings. The number of fused-ring (bicyclic) bond motifs is 1. The monoisotopic (exact) mass is 394 g/mol. The van der Waals surface area contributed by atoms with Crippen LogP contribution in [-0.2, 0) is 28.9 Å². The summed E-state index contributed by atoms with van der Waals surface area (Å²) in [7, 11) is 0. The van der Waals surface area contributed by atoms with E-state index in [4.69, 9.17) is 0 Å². The van der Waals surface area contributed by atoms with Crippen molar-refractivity contribution in [3.05, 3.63) is 35.5 Å². The van der Waals surface area contributed by atoms with Crippen LogP contribution in [0.2, 0.25) is 0 Å². The maximum absolute atomic E-state index is 13.2. The fourth-order valence-electron chi connectivity index (χ4n) is 3.61. The van der Waals surface area contributed by atoms with E-state index in [1.807, 2.05) is 4.57 Å². The van der Waals surface area contributed by atoms with E-state index in [1.165, 1.54) is 6.92 Å². The van der Waals surface area contributed by atoms with Crippen molar-refractivity contribution in [2.24, 2.45) is 0 Å². The van der Waals surface area contributed by atoms with Gasteiger partial charge in [0.15, 0.2) is 5.82 Å². The zero-order chi connectivity index (χ0) is 20.1. The molecule has 0 aromatic carbocycles. The Morgan fingerprint density at radius 3 is 2.79 bits per heavy atom. The lowest BCUT2D eigenvalue weighted by molar-refractivity contribution is -0.137. The maximum Gasteiger partial charge on any atom is 0.416 e. The highest BCUT2D eigenvalue weighted by molar-refractivity contribution is 6.03. The van der Waals surface area contributed by atoms with Crippen LogP contribution in [0.5, 0.6) is 0 Å². The molecule has 0 spiro atoms. The Kier molecular flexibility index (Phi) is 4.31. The van der Waals surface area contributed by atoms with Gasteiger partial charge in [-0.2, -0.15) is 13.2 Å². The van der Waals surface area contributed by atoms with Crippen LogP contribution >= 0.6 is 0 Å². The number of nitrogens with zero attached hydrogens (tertiary/aromatic N) is 6. The predicted octanol–water partition coefficient (Wildman–Crippen LogP) is 1.54. The van der Waals surface area contributed by atoms with E-state index >= 15 is 0 Å². The minimum Gasteiger partial charge on any atom is -0.332 e. The van der Waals surface area contributed by atoms with Crippen molar-refractivity contribution in [1.29, 1.82) is 0 Å². The lowest BCUT2D eigenvalue weighted by atomic mass is 10.1. The normalized spacial score (nSPS) is 19.9. The van der Waals surface area contributed by atoms with Crippen LogP contribution in [-0.4, -0.2) is 49.0 Å². The second-order valence-corrected chi connectivity index (χ2v) is 6.87. The average molecular weight is 394 g/mol. The number of hydrogen-bond donors (Lipinski definition) is 0.